The molecule has 1 aliphatic heterocycles. The van der Waals surface area contributed by atoms with Crippen molar-refractivity contribution >= 4 is 25.2 Å². The molecule has 130 valence electrons. The van der Waals surface area contributed by atoms with E-state index in [1.165, 1.54) is 0 Å². The van der Waals surface area contributed by atoms with Gasteiger partial charge in [-0.05, 0) is 44.0 Å². The summed E-state index contributed by atoms with van der Waals surface area (Å²) in [5.41, 5.74) is 5.41. The van der Waals surface area contributed by atoms with Crippen molar-refractivity contribution in [2.45, 2.75) is 52.4 Å². The monoisotopic (exact) mass is 336 g/mol. The van der Waals surface area contributed by atoms with Gasteiger partial charge in [-0.2, -0.15) is 0 Å². The van der Waals surface area contributed by atoms with Gasteiger partial charge >= 0.3 is 14.2 Å². The molecule has 0 atom stereocenters. The van der Waals surface area contributed by atoms with E-state index in [0.29, 0.717) is 10.9 Å². The Morgan fingerprint density at radius 2 is 1.04 bits per heavy atom. The van der Waals surface area contributed by atoms with E-state index < -0.39 is 14.2 Å². The fourth-order valence-electron chi connectivity index (χ4n) is 3.23. The molecule has 1 heterocycles. The molecule has 0 amide bonds. The highest BCUT2D eigenvalue weighted by molar-refractivity contribution is 6.76. The Bertz CT molecular complexity index is 736. The maximum atomic E-state index is 10.5. The Labute approximate surface area is 151 Å². The van der Waals surface area contributed by atoms with Crippen molar-refractivity contribution in [2.24, 2.45) is 0 Å². The summed E-state index contributed by atoms with van der Waals surface area (Å²) in [7, 11) is -2.31. The van der Waals surface area contributed by atoms with Crippen molar-refractivity contribution in [3.8, 4) is 11.1 Å². The minimum Gasteiger partial charge on any atom is -0.443 e. The van der Waals surface area contributed by atoms with Crippen LogP contribution in [0.2, 0.25) is 0 Å². The van der Waals surface area contributed by atoms with E-state index in [9.17, 15) is 10.0 Å². The second-order valence-corrected chi connectivity index (χ2v) is 8.94. The molecule has 0 fully saturated rings. The lowest BCUT2D eigenvalue weighted by molar-refractivity contribution is 0.379. The zero-order valence-electron chi connectivity index (χ0n) is 15.9. The summed E-state index contributed by atoms with van der Waals surface area (Å²) in [6.45, 7) is 12.8. The lowest BCUT2D eigenvalue weighted by atomic mass is 9.72. The van der Waals surface area contributed by atoms with Gasteiger partial charge in [0.2, 0.25) is 0 Å². The highest BCUT2D eigenvalue weighted by Crippen LogP contribution is 2.29. The highest BCUT2D eigenvalue weighted by atomic mass is 16.5. The number of rotatable bonds is 0. The van der Waals surface area contributed by atoms with Gasteiger partial charge in [-0.15, -0.1) is 0 Å². The van der Waals surface area contributed by atoms with Gasteiger partial charge in [0, 0.05) is 0 Å². The lowest BCUT2D eigenvalue weighted by Crippen LogP contribution is -2.43. The molecule has 0 bridgehead atoms. The number of fused-ring (bicyclic) bond motifs is 3. The molecule has 0 radical (unpaired) electrons. The number of hydrogen-bond acceptors (Lipinski definition) is 3. The third-order valence-electron chi connectivity index (χ3n) is 4.92. The van der Waals surface area contributed by atoms with E-state index >= 15 is 0 Å². The van der Waals surface area contributed by atoms with E-state index in [-0.39, 0.29) is 10.8 Å². The van der Waals surface area contributed by atoms with E-state index in [1.54, 1.807) is 0 Å². The van der Waals surface area contributed by atoms with Crippen molar-refractivity contribution < 1.29 is 14.6 Å². The first-order valence-corrected chi connectivity index (χ1v) is 8.79. The molecular formula is C20H26B2O3. The summed E-state index contributed by atoms with van der Waals surface area (Å²) in [5.74, 6) is 0. The molecule has 25 heavy (non-hydrogen) atoms. The molecule has 2 aromatic carbocycles. The molecule has 2 aromatic rings. The van der Waals surface area contributed by atoms with Gasteiger partial charge in [0.05, 0.1) is 0 Å². The molecule has 0 saturated heterocycles. The standard InChI is InChI=1S/C20H26B2O3/c1-19(2,3)13-7-9-15-16-10-8-14(20(4,5)6)12-18(16)22(24)25-21(23)17(15)11-13/h7-12,23-24H,1-6H3. The van der Waals surface area contributed by atoms with Crippen molar-refractivity contribution in [1.29, 1.82) is 0 Å². The Hall–Kier alpha value is -1.55. The Kier molecular flexibility index (Phi) is 4.39. The summed E-state index contributed by atoms with van der Waals surface area (Å²) in [5, 5.41) is 21.0. The molecular weight excluding hydrogens is 310 g/mol. The van der Waals surface area contributed by atoms with Gasteiger partial charge in [-0.1, -0.05) is 77.9 Å². The lowest BCUT2D eigenvalue weighted by Gasteiger charge is -2.22. The van der Waals surface area contributed by atoms with Crippen LogP contribution in [-0.4, -0.2) is 24.3 Å². The van der Waals surface area contributed by atoms with Crippen LogP contribution in [-0.2, 0) is 15.4 Å². The minimum atomic E-state index is -1.15. The zero-order chi connectivity index (χ0) is 18.6. The summed E-state index contributed by atoms with van der Waals surface area (Å²) in [4.78, 5) is 0. The van der Waals surface area contributed by atoms with Gasteiger partial charge < -0.3 is 14.6 Å². The largest absolute Gasteiger partial charge is 0.478 e. The maximum absolute atomic E-state index is 10.5. The molecule has 5 heteroatoms. The van der Waals surface area contributed by atoms with Crippen LogP contribution in [0.15, 0.2) is 36.4 Å². The first-order chi connectivity index (χ1) is 11.5. The number of hydrogen-bond donors (Lipinski definition) is 2. The molecule has 1 aliphatic rings. The molecule has 0 spiro atoms. The molecule has 0 unspecified atom stereocenters. The van der Waals surface area contributed by atoms with Crippen LogP contribution < -0.4 is 10.9 Å². The predicted octanol–water partition coefficient (Wildman–Crippen LogP) is 2.35. The van der Waals surface area contributed by atoms with E-state index in [1.807, 2.05) is 24.3 Å². The summed E-state index contributed by atoms with van der Waals surface area (Å²) >= 11 is 0. The summed E-state index contributed by atoms with van der Waals surface area (Å²) in [6.07, 6.45) is 0. The Morgan fingerprint density at radius 1 is 0.680 bits per heavy atom. The smallest absolute Gasteiger partial charge is 0.443 e. The Morgan fingerprint density at radius 3 is 1.36 bits per heavy atom. The van der Waals surface area contributed by atoms with Crippen LogP contribution >= 0.6 is 0 Å². The van der Waals surface area contributed by atoms with E-state index in [2.05, 4.69) is 53.7 Å². The second kappa shape index (κ2) is 6.01. The first kappa shape index (κ1) is 18.2. The van der Waals surface area contributed by atoms with Crippen molar-refractivity contribution in [3.63, 3.8) is 0 Å². The van der Waals surface area contributed by atoms with Crippen molar-refractivity contribution in [3.05, 3.63) is 47.5 Å². The second-order valence-electron chi connectivity index (χ2n) is 8.94. The van der Waals surface area contributed by atoms with Crippen LogP contribution in [0.1, 0.15) is 52.7 Å². The molecule has 0 saturated carbocycles. The van der Waals surface area contributed by atoms with Crippen molar-refractivity contribution in [1.82, 2.24) is 0 Å². The third-order valence-corrected chi connectivity index (χ3v) is 4.92. The molecule has 3 rings (SSSR count). The molecule has 3 nitrogen and oxygen atoms in total. The third kappa shape index (κ3) is 3.41. The van der Waals surface area contributed by atoms with Gasteiger partial charge in [-0.25, -0.2) is 0 Å². The fraction of sp³-hybridized carbons (Fsp3) is 0.400. The first-order valence-electron chi connectivity index (χ1n) is 8.79. The molecule has 0 aromatic heterocycles. The SMILES string of the molecule is CC(C)(C)c1ccc2c(c1)B(O)OB(O)c1cc(C(C)(C)C)ccc1-2. The Balaban J connectivity index is 2.21. The van der Waals surface area contributed by atoms with Gasteiger partial charge in [0.15, 0.2) is 0 Å². The summed E-state index contributed by atoms with van der Waals surface area (Å²) < 4.78 is 5.51. The van der Waals surface area contributed by atoms with Crippen LogP contribution in [0.3, 0.4) is 0 Å². The zero-order valence-corrected chi connectivity index (χ0v) is 15.9. The van der Waals surface area contributed by atoms with Gasteiger partial charge in [0.25, 0.3) is 0 Å². The highest BCUT2D eigenvalue weighted by Gasteiger charge is 2.35. The van der Waals surface area contributed by atoms with Crippen LogP contribution in [0.25, 0.3) is 11.1 Å². The van der Waals surface area contributed by atoms with Crippen molar-refractivity contribution in [2.75, 3.05) is 0 Å². The predicted molar refractivity (Wildman–Crippen MR) is 106 cm³/mol. The van der Waals surface area contributed by atoms with E-state index in [4.69, 9.17) is 4.57 Å². The van der Waals surface area contributed by atoms with E-state index in [0.717, 1.165) is 22.3 Å². The minimum absolute atomic E-state index is 0.0292. The van der Waals surface area contributed by atoms with Gasteiger partial charge in [-0.3, -0.25) is 0 Å². The average molecular weight is 336 g/mol. The van der Waals surface area contributed by atoms with Gasteiger partial charge in [0.1, 0.15) is 0 Å². The fourth-order valence-corrected chi connectivity index (χ4v) is 3.23. The summed E-state index contributed by atoms with van der Waals surface area (Å²) in [6, 6.07) is 12.2. The van der Waals surface area contributed by atoms with Crippen LogP contribution in [0.4, 0.5) is 0 Å². The number of benzene rings is 2. The average Bonchev–Trinajstić information content (AvgIpc) is 2.61. The van der Waals surface area contributed by atoms with Crippen LogP contribution in [0.5, 0.6) is 0 Å². The normalized spacial score (nSPS) is 14.9. The topological polar surface area (TPSA) is 49.7 Å². The molecule has 0 aliphatic carbocycles. The maximum Gasteiger partial charge on any atom is 0.478 e. The molecule has 2 N–H and O–H groups in total. The quantitative estimate of drug-likeness (QED) is 0.727. The van der Waals surface area contributed by atoms with Crippen LogP contribution in [0, 0.1) is 0 Å².